The second-order valence-corrected chi connectivity index (χ2v) is 7.76. The highest BCUT2D eigenvalue weighted by Gasteiger charge is 2.59. The van der Waals surface area contributed by atoms with Crippen molar-refractivity contribution in [3.8, 4) is 0 Å². The van der Waals surface area contributed by atoms with E-state index in [0.717, 1.165) is 6.42 Å². The molecule has 1 aliphatic heterocycles. The molecule has 0 aromatic carbocycles. The van der Waals surface area contributed by atoms with Gasteiger partial charge in [-0.05, 0) is 25.7 Å². The summed E-state index contributed by atoms with van der Waals surface area (Å²) in [5.41, 5.74) is -0.125. The van der Waals surface area contributed by atoms with Crippen LogP contribution in [0.2, 0.25) is 0 Å². The lowest BCUT2D eigenvalue weighted by molar-refractivity contribution is -0.183. The van der Waals surface area contributed by atoms with Crippen molar-refractivity contribution in [3.63, 3.8) is 0 Å². The maximum absolute atomic E-state index is 12.8. The number of ether oxygens (including phenoxy) is 1. The molecule has 0 unspecified atom stereocenters. The summed E-state index contributed by atoms with van der Waals surface area (Å²) in [6, 6.07) is -0.715. The molecule has 5 atom stereocenters. The zero-order valence-electron chi connectivity index (χ0n) is 13.6. The number of nitrogens with one attached hydrogen (secondary N) is 2. The SMILES string of the molecule is CC1(C)[C@H](NC(=O)N[C@@H]2CCC[C@H](C(F)(F)F)C2)[C@H]2CCO[C@H]21. The zero-order valence-corrected chi connectivity index (χ0v) is 13.6. The van der Waals surface area contributed by atoms with Gasteiger partial charge in [0.05, 0.1) is 12.0 Å². The topological polar surface area (TPSA) is 50.4 Å². The summed E-state index contributed by atoms with van der Waals surface area (Å²) >= 11 is 0. The molecule has 7 heteroatoms. The van der Waals surface area contributed by atoms with E-state index in [1.807, 2.05) is 0 Å². The summed E-state index contributed by atoms with van der Waals surface area (Å²) in [6.45, 7) is 4.84. The van der Waals surface area contributed by atoms with E-state index in [9.17, 15) is 18.0 Å². The monoisotopic (exact) mass is 334 g/mol. The van der Waals surface area contributed by atoms with Crippen molar-refractivity contribution in [2.24, 2.45) is 17.3 Å². The molecule has 0 spiro atoms. The summed E-state index contributed by atoms with van der Waals surface area (Å²) in [4.78, 5) is 12.2. The summed E-state index contributed by atoms with van der Waals surface area (Å²) in [5.74, 6) is -0.973. The number of amides is 2. The number of hydrogen-bond donors (Lipinski definition) is 2. The first-order chi connectivity index (χ1) is 10.7. The molecule has 3 fully saturated rings. The minimum absolute atomic E-state index is 0.0137. The first-order valence-electron chi connectivity index (χ1n) is 8.45. The number of halogens is 3. The van der Waals surface area contributed by atoms with Crippen LogP contribution in [0.25, 0.3) is 0 Å². The van der Waals surface area contributed by atoms with Crippen LogP contribution in [0, 0.1) is 17.3 Å². The van der Waals surface area contributed by atoms with Gasteiger partial charge in [0.2, 0.25) is 0 Å². The van der Waals surface area contributed by atoms with Gasteiger partial charge in [0.25, 0.3) is 0 Å². The summed E-state index contributed by atoms with van der Waals surface area (Å²) in [5, 5.41) is 5.71. The smallest absolute Gasteiger partial charge is 0.377 e. The van der Waals surface area contributed by atoms with Gasteiger partial charge in [-0.3, -0.25) is 0 Å². The van der Waals surface area contributed by atoms with E-state index in [1.54, 1.807) is 0 Å². The van der Waals surface area contributed by atoms with Crippen LogP contribution in [0.5, 0.6) is 0 Å². The van der Waals surface area contributed by atoms with Gasteiger partial charge in [0.15, 0.2) is 0 Å². The number of alkyl halides is 3. The van der Waals surface area contributed by atoms with E-state index in [0.29, 0.717) is 25.4 Å². The number of carbonyl (C=O) groups is 1. The maximum Gasteiger partial charge on any atom is 0.391 e. The molecule has 0 aromatic heterocycles. The van der Waals surface area contributed by atoms with Crippen LogP contribution in [-0.2, 0) is 4.74 Å². The van der Waals surface area contributed by atoms with Gasteiger partial charge >= 0.3 is 12.2 Å². The Kier molecular flexibility index (Phi) is 4.27. The van der Waals surface area contributed by atoms with Crippen LogP contribution >= 0.6 is 0 Å². The molecule has 0 bridgehead atoms. The van der Waals surface area contributed by atoms with Crippen molar-refractivity contribution in [3.05, 3.63) is 0 Å². The third-order valence-corrected chi connectivity index (χ3v) is 5.86. The number of urea groups is 1. The maximum atomic E-state index is 12.8. The van der Waals surface area contributed by atoms with E-state index < -0.39 is 18.1 Å². The zero-order chi connectivity index (χ0) is 16.8. The van der Waals surface area contributed by atoms with Gasteiger partial charge in [-0.25, -0.2) is 4.79 Å². The average Bonchev–Trinajstić information content (AvgIpc) is 2.91. The van der Waals surface area contributed by atoms with Crippen LogP contribution in [-0.4, -0.2) is 37.0 Å². The number of hydrogen-bond acceptors (Lipinski definition) is 2. The molecular formula is C16H25F3N2O2. The predicted octanol–water partition coefficient (Wildman–Crippen LogP) is 3.22. The highest BCUT2D eigenvalue weighted by molar-refractivity contribution is 5.75. The number of carbonyl (C=O) groups excluding carboxylic acids is 1. The van der Waals surface area contributed by atoms with Crippen molar-refractivity contribution >= 4 is 6.03 Å². The number of rotatable bonds is 2. The Labute approximate surface area is 134 Å². The Morgan fingerprint density at radius 2 is 1.91 bits per heavy atom. The van der Waals surface area contributed by atoms with Gasteiger partial charge in [0, 0.05) is 30.0 Å². The third-order valence-electron chi connectivity index (χ3n) is 5.86. The fourth-order valence-electron chi connectivity index (χ4n) is 4.60. The molecule has 3 aliphatic rings. The molecule has 1 heterocycles. The summed E-state index contributed by atoms with van der Waals surface area (Å²) in [7, 11) is 0. The van der Waals surface area contributed by atoms with E-state index in [1.165, 1.54) is 0 Å². The van der Waals surface area contributed by atoms with Crippen molar-refractivity contribution in [2.75, 3.05) is 6.61 Å². The van der Waals surface area contributed by atoms with Crippen LogP contribution in [0.3, 0.4) is 0 Å². The largest absolute Gasteiger partial charge is 0.391 e. The van der Waals surface area contributed by atoms with Crippen molar-refractivity contribution in [1.82, 2.24) is 10.6 Å². The van der Waals surface area contributed by atoms with E-state index >= 15 is 0 Å². The van der Waals surface area contributed by atoms with Crippen LogP contribution in [0.4, 0.5) is 18.0 Å². The Morgan fingerprint density at radius 1 is 1.17 bits per heavy atom. The first-order valence-corrected chi connectivity index (χ1v) is 8.45. The average molecular weight is 334 g/mol. The highest BCUT2D eigenvalue weighted by Crippen LogP contribution is 2.52. The van der Waals surface area contributed by atoms with Gasteiger partial charge < -0.3 is 15.4 Å². The lowest BCUT2D eigenvalue weighted by Crippen LogP contribution is -2.68. The molecule has 2 N–H and O–H groups in total. The molecule has 132 valence electrons. The molecule has 2 aliphatic carbocycles. The standard InChI is InChI=1S/C16H25F3N2O2/c1-15(2)12(11-6-7-23-13(11)15)21-14(22)20-10-5-3-4-9(8-10)16(17,18)19/h9-13H,3-8H2,1-2H3,(H2,20,21,22)/t9-,10+,11+,12+,13+/m0/s1. The molecule has 4 nitrogen and oxygen atoms in total. The quantitative estimate of drug-likeness (QED) is 0.815. The molecule has 3 rings (SSSR count). The van der Waals surface area contributed by atoms with Gasteiger partial charge in [-0.1, -0.05) is 20.3 Å². The second kappa shape index (κ2) is 5.83. The van der Waals surface area contributed by atoms with E-state index in [-0.39, 0.29) is 36.4 Å². The molecular weight excluding hydrogens is 309 g/mol. The lowest BCUT2D eigenvalue weighted by atomic mass is 9.57. The van der Waals surface area contributed by atoms with Crippen LogP contribution < -0.4 is 10.6 Å². The Morgan fingerprint density at radius 3 is 2.61 bits per heavy atom. The highest BCUT2D eigenvalue weighted by atomic mass is 19.4. The minimum atomic E-state index is -4.17. The second-order valence-electron chi connectivity index (χ2n) is 7.76. The molecule has 0 radical (unpaired) electrons. The third kappa shape index (κ3) is 3.16. The first kappa shape index (κ1) is 16.9. The van der Waals surface area contributed by atoms with E-state index in [2.05, 4.69) is 24.5 Å². The Balaban J connectivity index is 1.52. The fourth-order valence-corrected chi connectivity index (χ4v) is 4.60. The molecule has 1 saturated heterocycles. The van der Waals surface area contributed by atoms with Crippen molar-refractivity contribution < 1.29 is 22.7 Å². The fraction of sp³-hybridized carbons (Fsp3) is 0.938. The Bertz CT molecular complexity index is 467. The lowest BCUT2D eigenvalue weighted by Gasteiger charge is -2.54. The van der Waals surface area contributed by atoms with Gasteiger partial charge in [-0.15, -0.1) is 0 Å². The van der Waals surface area contributed by atoms with Crippen molar-refractivity contribution in [2.45, 2.75) is 70.3 Å². The van der Waals surface area contributed by atoms with Crippen molar-refractivity contribution in [1.29, 1.82) is 0 Å². The normalized spacial score (nSPS) is 39.3. The Hall–Kier alpha value is -0.980. The summed E-state index contributed by atoms with van der Waals surface area (Å²) < 4.78 is 44.2. The minimum Gasteiger partial charge on any atom is -0.377 e. The molecule has 2 saturated carbocycles. The van der Waals surface area contributed by atoms with Crippen LogP contribution in [0.1, 0.15) is 46.0 Å². The van der Waals surface area contributed by atoms with E-state index in [4.69, 9.17) is 4.74 Å². The van der Waals surface area contributed by atoms with Crippen LogP contribution in [0.15, 0.2) is 0 Å². The molecule has 0 aromatic rings. The van der Waals surface area contributed by atoms with Gasteiger partial charge in [0.1, 0.15) is 0 Å². The molecule has 23 heavy (non-hydrogen) atoms. The molecule has 2 amide bonds. The number of fused-ring (bicyclic) bond motifs is 1. The predicted molar refractivity (Wildman–Crippen MR) is 78.9 cm³/mol. The van der Waals surface area contributed by atoms with Gasteiger partial charge in [-0.2, -0.15) is 13.2 Å². The summed E-state index contributed by atoms with van der Waals surface area (Å²) in [6.07, 6.45) is -1.79.